The van der Waals surface area contributed by atoms with Gasteiger partial charge in [0.1, 0.15) is 29.3 Å². The van der Waals surface area contributed by atoms with Crippen molar-refractivity contribution >= 4 is 88.9 Å². The zero-order chi connectivity index (χ0) is 78.0. The van der Waals surface area contributed by atoms with Gasteiger partial charge in [0.25, 0.3) is 12.9 Å². The van der Waals surface area contributed by atoms with Crippen molar-refractivity contribution in [3.8, 4) is 34.4 Å². The Kier molecular flexibility index (Phi) is 26.7. The Bertz CT molecular complexity index is 4360. The molecule has 6 aromatic heterocycles. The number of fused-ring (bicyclic) bond motifs is 2. The number of nitrogens with zero attached hydrogens (tertiary/aromatic N) is 8. The Hall–Kier alpha value is -5.66. The number of alkyl halides is 4. The Morgan fingerprint density at radius 1 is 0.575 bits per heavy atom. The van der Waals surface area contributed by atoms with E-state index in [-0.39, 0.29) is 38.4 Å². The molecular formula is C78H110BBrF4N10O8S2Si2. The van der Waals surface area contributed by atoms with Gasteiger partial charge in [-0.25, -0.2) is 59.7 Å². The highest BCUT2D eigenvalue weighted by Crippen LogP contribution is 2.46. The number of hydrogen-bond acceptors (Lipinski definition) is 14. The van der Waals surface area contributed by atoms with Crippen LogP contribution < -0.4 is 24.4 Å². The van der Waals surface area contributed by atoms with E-state index < -0.39 is 87.7 Å². The fourth-order valence-corrected chi connectivity index (χ4v) is 15.9. The standard InChI is InChI=1S/C36H49F2N5O3SSi.C27H38BF2N3O4Si.C15H23BrN2OS/c1-23-16-25(17-23)34(42-47(44)35(2,3)4)29-14-11-13-28(41-29)24-18-30-27(31(19-24)45-22-32(37)38)20-39-43(30)33-15-10-12-26(40-33)21-46-48(8,9)36(5,6)7;1-25(2,3)38(8,9)35-16-19-11-10-12-24(32-19)33-21-13-18(28-36-26(4,5)27(6,7)37-28)14-22(20(21)15-31-33)34-17-23(29)30;1-10-8-11(9-10)14(18-20(19)15(2,3)4)12-6-5-7-13(16)17-12/h10-15,18-20,23,25,32,34,42H,16-17,21-22H2,1-9H3;10-15,23H,16-17H2,1-9H3;5-7,10-11,14,18H,8-9H2,1-4H3/t23?,25?,34-,47?;;10?,11?,14-,20?/m0.0/s1. The van der Waals surface area contributed by atoms with E-state index in [0.717, 1.165) is 46.1 Å². The summed E-state index contributed by atoms with van der Waals surface area (Å²) in [5.41, 5.74) is 5.50. The highest BCUT2D eigenvalue weighted by Gasteiger charge is 2.52. The molecule has 0 amide bonds. The van der Waals surface area contributed by atoms with Crippen LogP contribution in [0.2, 0.25) is 36.3 Å². The maximum Gasteiger partial charge on any atom is 0.495 e. The van der Waals surface area contributed by atoms with Crippen LogP contribution in [0.4, 0.5) is 17.6 Å². The van der Waals surface area contributed by atoms with Crippen molar-refractivity contribution < 1.29 is 53.6 Å². The second-order valence-corrected chi connectivity index (χ2v) is 48.9. The van der Waals surface area contributed by atoms with Gasteiger partial charge >= 0.3 is 7.12 Å². The Morgan fingerprint density at radius 2 is 0.981 bits per heavy atom. The van der Waals surface area contributed by atoms with E-state index in [1.54, 1.807) is 33.9 Å². The molecule has 2 N–H and O–H groups in total. The normalized spacial score (nSPS) is 19.6. The van der Waals surface area contributed by atoms with Crippen molar-refractivity contribution in [2.24, 2.45) is 23.7 Å². The number of halogens is 5. The molecule has 106 heavy (non-hydrogen) atoms. The van der Waals surface area contributed by atoms with Crippen LogP contribution in [-0.4, -0.2) is 118 Å². The van der Waals surface area contributed by atoms with Gasteiger partial charge in [-0.05, 0) is 249 Å². The summed E-state index contributed by atoms with van der Waals surface area (Å²) < 4.78 is 125. The second kappa shape index (κ2) is 33.5. The van der Waals surface area contributed by atoms with Gasteiger partial charge < -0.3 is 27.6 Å². The van der Waals surface area contributed by atoms with Gasteiger partial charge in [-0.15, -0.1) is 0 Å². The van der Waals surface area contributed by atoms with Crippen LogP contribution in [0.25, 0.3) is 44.7 Å². The van der Waals surface area contributed by atoms with Gasteiger partial charge in [0.15, 0.2) is 28.3 Å². The molecule has 2 saturated carbocycles. The number of rotatable bonds is 24. The molecule has 7 heterocycles. The van der Waals surface area contributed by atoms with Crippen LogP contribution in [0.5, 0.6) is 11.5 Å². The SMILES string of the molecule is CC1(C)OB(c2cc(OCC(F)F)c3cnn(-c4cccc(CO[Si](C)(C)C(C)(C)C)n4)c3c2)OC1(C)C.CC1CC([C@H](NS(=O)C(C)(C)C)c2cccc(-c3cc(OCC(F)F)c4cnn(-c5cccc(CO[Si](C)(C)C(C)(C)C)n5)c4c3)n2)C1.CC1CC([C@H](NS(=O)C(C)(C)C)c2cccc(Br)n2)C1. The fourth-order valence-electron chi connectivity index (χ4n) is 11.9. The number of aromatic nitrogens is 8. The molecule has 18 nitrogen and oxygen atoms in total. The molecule has 2 aromatic carbocycles. The third-order valence-electron chi connectivity index (χ3n) is 21.2. The quantitative estimate of drug-likeness (QED) is 0.0329. The smallest absolute Gasteiger partial charge is 0.487 e. The van der Waals surface area contributed by atoms with E-state index in [1.807, 2.05) is 154 Å². The zero-order valence-corrected chi connectivity index (χ0v) is 71.0. The summed E-state index contributed by atoms with van der Waals surface area (Å²) >= 11 is 3.42. The molecule has 28 heteroatoms. The predicted octanol–water partition coefficient (Wildman–Crippen LogP) is 18.7. The van der Waals surface area contributed by atoms with E-state index in [4.69, 9.17) is 42.6 Å². The average Bonchev–Trinajstić information content (AvgIpc) is 1.60. The van der Waals surface area contributed by atoms with E-state index >= 15 is 0 Å². The summed E-state index contributed by atoms with van der Waals surface area (Å²) in [6, 6.07) is 30.2. The first kappa shape index (κ1) is 84.4. The van der Waals surface area contributed by atoms with Crippen molar-refractivity contribution in [2.45, 2.75) is 245 Å². The predicted molar refractivity (Wildman–Crippen MR) is 427 cm³/mol. The minimum Gasteiger partial charge on any atom is -0.487 e. The summed E-state index contributed by atoms with van der Waals surface area (Å²) in [6.07, 6.45) is 2.36. The molecule has 4 atom stereocenters. The third-order valence-corrected chi connectivity index (χ3v) is 33.7. The Balaban J connectivity index is 0.000000199. The number of ether oxygens (including phenoxy) is 2. The van der Waals surface area contributed by atoms with E-state index in [2.05, 4.69) is 122 Å². The lowest BCUT2D eigenvalue weighted by atomic mass is 9.71. The third kappa shape index (κ3) is 20.9. The van der Waals surface area contributed by atoms with Gasteiger partial charge in [0.2, 0.25) is 0 Å². The summed E-state index contributed by atoms with van der Waals surface area (Å²) in [7, 11) is -7.01. The first-order valence-corrected chi connectivity index (χ1v) is 45.5. The van der Waals surface area contributed by atoms with Crippen molar-refractivity contribution in [3.05, 3.63) is 137 Å². The minimum absolute atomic E-state index is 0.0647. The summed E-state index contributed by atoms with van der Waals surface area (Å²) in [6.45, 7) is 45.5. The molecule has 3 aliphatic rings. The topological polar surface area (TPSA) is 201 Å². The molecule has 11 rings (SSSR count). The van der Waals surface area contributed by atoms with Crippen LogP contribution in [0, 0.1) is 23.7 Å². The van der Waals surface area contributed by atoms with Gasteiger partial charge in [0.05, 0.1) is 131 Å². The summed E-state index contributed by atoms with van der Waals surface area (Å²) in [5, 5.41) is 10.5. The van der Waals surface area contributed by atoms with Crippen LogP contribution in [0.3, 0.4) is 0 Å². The second-order valence-electron chi connectivity index (χ2n) is 34.5. The molecular weight excluding hydrogens is 1490 g/mol. The van der Waals surface area contributed by atoms with Gasteiger partial charge in [-0.1, -0.05) is 79.7 Å². The lowest BCUT2D eigenvalue weighted by Crippen LogP contribution is -2.42. The highest BCUT2D eigenvalue weighted by molar-refractivity contribution is 9.10. The maximum absolute atomic E-state index is 13.4. The van der Waals surface area contributed by atoms with Crippen molar-refractivity contribution in [1.82, 2.24) is 48.9 Å². The van der Waals surface area contributed by atoms with E-state index in [9.17, 15) is 26.0 Å². The molecule has 2 unspecified atom stereocenters. The molecule has 0 bridgehead atoms. The van der Waals surface area contributed by atoms with Crippen LogP contribution >= 0.6 is 15.9 Å². The molecule has 1 aliphatic heterocycles. The first-order valence-electron chi connectivity index (χ1n) is 36.6. The zero-order valence-electron chi connectivity index (χ0n) is 65.8. The number of nitrogens with one attached hydrogen (secondary N) is 2. The van der Waals surface area contributed by atoms with Gasteiger partial charge in [-0.2, -0.15) is 10.2 Å². The van der Waals surface area contributed by atoms with Gasteiger partial charge in [0, 0.05) is 5.56 Å². The maximum atomic E-state index is 13.4. The molecule has 578 valence electrons. The molecule has 3 fully saturated rings. The van der Waals surface area contributed by atoms with Crippen LogP contribution in [0.1, 0.15) is 185 Å². The molecule has 0 spiro atoms. The first-order chi connectivity index (χ1) is 49.2. The Morgan fingerprint density at radius 3 is 1.39 bits per heavy atom. The minimum atomic E-state index is -2.64. The summed E-state index contributed by atoms with van der Waals surface area (Å²) in [5.74, 6) is 3.94. The average molecular weight is 1600 g/mol. The molecule has 1 saturated heterocycles. The van der Waals surface area contributed by atoms with Crippen molar-refractivity contribution in [3.63, 3.8) is 0 Å². The largest absolute Gasteiger partial charge is 0.495 e. The van der Waals surface area contributed by atoms with Gasteiger partial charge in [-0.3, -0.25) is 4.98 Å². The van der Waals surface area contributed by atoms with Crippen molar-refractivity contribution in [1.29, 1.82) is 0 Å². The summed E-state index contributed by atoms with van der Waals surface area (Å²) in [4.78, 5) is 19.3. The lowest BCUT2D eigenvalue weighted by Gasteiger charge is -2.39. The molecule has 0 radical (unpaired) electrons. The monoisotopic (exact) mass is 1600 g/mol. The van der Waals surface area contributed by atoms with E-state index in [0.29, 0.717) is 81.1 Å². The van der Waals surface area contributed by atoms with E-state index in [1.165, 1.54) is 12.8 Å². The molecule has 8 aromatic rings. The van der Waals surface area contributed by atoms with Crippen LogP contribution in [0.15, 0.2) is 114 Å². The number of pyridine rings is 4. The number of benzene rings is 2. The Labute approximate surface area is 640 Å². The number of hydrogen-bond donors (Lipinski definition) is 2. The lowest BCUT2D eigenvalue weighted by molar-refractivity contribution is 0.00578. The molecule has 2 aliphatic carbocycles. The fraction of sp³-hybridized carbons (Fsp3) is 0.564. The highest BCUT2D eigenvalue weighted by atomic mass is 79.9. The van der Waals surface area contributed by atoms with Crippen molar-refractivity contribution in [2.75, 3.05) is 13.2 Å². The van der Waals surface area contributed by atoms with Crippen LogP contribution in [-0.2, 0) is 53.3 Å².